The van der Waals surface area contributed by atoms with E-state index in [1.807, 2.05) is 24.3 Å². The first-order valence-electron chi connectivity index (χ1n) is 40.7. The molecule has 0 aromatic heterocycles. The van der Waals surface area contributed by atoms with Gasteiger partial charge in [-0.15, -0.1) is 0 Å². The SMILES string of the molecule is CC/C=C\C/C=C\C/C=C\C/C=C\C/C=C\C/C=C\CCC(=O)OCC(COP(=O)(O)OCC(O)COP(=O)(O)OCC(COC(=O)CCCCCCCC/C=C\C/C=C\C/C=C\CCCCC)OC(=O)CCCCCCC/C=C\C/C=C\C/C=C\CC)OC(=O)CCCC/C=C\C/C=C\C/C=C\C/C=C\CC. The Labute approximate surface area is 653 Å². The summed E-state index contributed by atoms with van der Waals surface area (Å²) in [5, 5.41) is 10.7. The standard InChI is InChI=1S/C89H142O17P2/c1-5-9-13-17-21-25-29-33-37-39-41-43-47-49-53-57-61-65-69-73-86(91)99-79-84(105-88(93)75-71-67-63-59-55-51-45-35-31-27-23-19-15-11-7-3)81-103-107(95,96)101-77-83(90)78-102-108(97,98)104-82-85(106-89(94)76-72-68-64-60-56-52-46-36-32-28-24-20-16-12-8-4)80-100-87(92)74-70-66-62-58-54-50-48-44-42-40-38-34-30-26-22-18-14-10-6-2/h9,11-13,15-16,21-28,33-38,41-46,49,53,55,59,61,65,83-85,90H,5-8,10,14,17-20,29-32,39-40,47-48,50-52,54,56-58,60,62-64,66-82H2,1-4H3,(H,95,96)(H,97,98)/b13-9-,15-11-,16-12-,25-21-,26-22-,27-23-,28-24-,37-33-,38-34-,43-41-,44-42-,45-35-,46-36-,53-49-,59-55-,65-61-. The molecule has 5 atom stereocenters. The molecule has 17 nitrogen and oxygen atoms in total. The summed E-state index contributed by atoms with van der Waals surface area (Å²) in [6.45, 7) is 4.32. The second-order valence-corrected chi connectivity index (χ2v) is 29.1. The van der Waals surface area contributed by atoms with Crippen LogP contribution in [0, 0.1) is 0 Å². The summed E-state index contributed by atoms with van der Waals surface area (Å²) in [7, 11) is -10.0. The molecule has 610 valence electrons. The maximum atomic E-state index is 13.1. The molecule has 0 aromatic carbocycles. The monoisotopic (exact) mass is 1540 g/mol. The Bertz CT molecular complexity index is 2810. The van der Waals surface area contributed by atoms with Gasteiger partial charge in [-0.25, -0.2) is 9.13 Å². The molecule has 0 spiro atoms. The Morgan fingerprint density at radius 1 is 0.269 bits per heavy atom. The zero-order chi connectivity index (χ0) is 78.9. The topological polar surface area (TPSA) is 237 Å². The number of hydrogen-bond acceptors (Lipinski definition) is 15. The fourth-order valence-electron chi connectivity index (χ4n) is 9.96. The van der Waals surface area contributed by atoms with E-state index in [1.54, 1.807) is 0 Å². The van der Waals surface area contributed by atoms with Gasteiger partial charge >= 0.3 is 39.5 Å². The van der Waals surface area contributed by atoms with Crippen molar-refractivity contribution in [1.82, 2.24) is 0 Å². The number of aliphatic hydroxyl groups is 1. The molecule has 0 aliphatic heterocycles. The zero-order valence-electron chi connectivity index (χ0n) is 66.7. The molecule has 0 fully saturated rings. The lowest BCUT2D eigenvalue weighted by Gasteiger charge is -2.21. The minimum Gasteiger partial charge on any atom is -0.462 e. The van der Waals surface area contributed by atoms with Crippen molar-refractivity contribution in [2.45, 2.75) is 303 Å². The van der Waals surface area contributed by atoms with Crippen LogP contribution in [0.3, 0.4) is 0 Å². The van der Waals surface area contributed by atoms with Gasteiger partial charge in [-0.1, -0.05) is 280 Å². The van der Waals surface area contributed by atoms with Crippen LogP contribution < -0.4 is 0 Å². The molecular weight excluding hydrogens is 1400 g/mol. The molecule has 3 N–H and O–H groups in total. The number of rotatable bonds is 74. The predicted molar refractivity (Wildman–Crippen MR) is 445 cm³/mol. The first-order chi connectivity index (χ1) is 52.7. The molecule has 108 heavy (non-hydrogen) atoms. The van der Waals surface area contributed by atoms with Crippen LogP contribution in [0.1, 0.15) is 285 Å². The lowest BCUT2D eigenvalue weighted by Crippen LogP contribution is -2.30. The maximum Gasteiger partial charge on any atom is 0.472 e. The van der Waals surface area contributed by atoms with Crippen molar-refractivity contribution < 1.29 is 80.2 Å². The third-order valence-electron chi connectivity index (χ3n) is 16.0. The molecule has 19 heteroatoms. The van der Waals surface area contributed by atoms with E-state index in [-0.39, 0.29) is 25.7 Å². The Morgan fingerprint density at radius 2 is 0.500 bits per heavy atom. The second kappa shape index (κ2) is 79.0. The van der Waals surface area contributed by atoms with Crippen molar-refractivity contribution in [3.8, 4) is 0 Å². The van der Waals surface area contributed by atoms with E-state index in [0.717, 1.165) is 173 Å². The van der Waals surface area contributed by atoms with E-state index in [9.17, 15) is 43.2 Å². The molecule has 0 saturated carbocycles. The van der Waals surface area contributed by atoms with Gasteiger partial charge in [0.1, 0.15) is 19.3 Å². The fourth-order valence-corrected chi connectivity index (χ4v) is 11.5. The number of ether oxygens (including phenoxy) is 4. The number of hydrogen-bond donors (Lipinski definition) is 3. The maximum absolute atomic E-state index is 13.1. The first kappa shape index (κ1) is 102. The molecule has 5 unspecified atom stereocenters. The van der Waals surface area contributed by atoms with E-state index >= 15 is 0 Å². The van der Waals surface area contributed by atoms with Gasteiger partial charge in [-0.3, -0.25) is 37.3 Å². The van der Waals surface area contributed by atoms with Gasteiger partial charge in [0.25, 0.3) is 0 Å². The summed E-state index contributed by atoms with van der Waals surface area (Å²) in [5.41, 5.74) is 0. The molecule has 0 saturated heterocycles. The summed E-state index contributed by atoms with van der Waals surface area (Å²) >= 11 is 0. The van der Waals surface area contributed by atoms with E-state index in [4.69, 9.17) is 37.0 Å². The Kier molecular flexibility index (Phi) is 74.5. The molecule has 0 aliphatic rings. The number of carbonyl (C=O) groups excluding carboxylic acids is 4. The van der Waals surface area contributed by atoms with Crippen LogP contribution >= 0.6 is 15.6 Å². The molecule has 0 bridgehead atoms. The second-order valence-electron chi connectivity index (χ2n) is 26.2. The lowest BCUT2D eigenvalue weighted by molar-refractivity contribution is -0.161. The molecule has 0 rings (SSSR count). The van der Waals surface area contributed by atoms with Gasteiger partial charge in [0, 0.05) is 25.7 Å². The first-order valence-corrected chi connectivity index (χ1v) is 43.7. The Balaban J connectivity index is 5.50. The Morgan fingerprint density at radius 3 is 0.815 bits per heavy atom. The predicted octanol–water partition coefficient (Wildman–Crippen LogP) is 24.1. The van der Waals surface area contributed by atoms with Gasteiger partial charge in [-0.2, -0.15) is 0 Å². The molecular formula is C89H142O17P2. The number of unbranched alkanes of at least 4 members (excludes halogenated alkanes) is 16. The lowest BCUT2D eigenvalue weighted by atomic mass is 10.1. The third-order valence-corrected chi connectivity index (χ3v) is 17.9. The van der Waals surface area contributed by atoms with Crippen molar-refractivity contribution in [3.63, 3.8) is 0 Å². The van der Waals surface area contributed by atoms with Crippen molar-refractivity contribution in [1.29, 1.82) is 0 Å². The highest BCUT2D eigenvalue weighted by atomic mass is 31.2. The number of esters is 4. The number of carbonyl (C=O) groups is 4. The summed E-state index contributed by atoms with van der Waals surface area (Å²) in [6.07, 6.45) is 97.1. The average molecular weight is 1550 g/mol. The van der Waals surface area contributed by atoms with Crippen molar-refractivity contribution in [3.05, 3.63) is 194 Å². The van der Waals surface area contributed by atoms with Gasteiger partial charge in [0.15, 0.2) is 12.2 Å². The minimum absolute atomic E-state index is 0.0183. The van der Waals surface area contributed by atoms with Crippen molar-refractivity contribution in [2.24, 2.45) is 0 Å². The normalized spacial score (nSPS) is 14.8. The highest BCUT2D eigenvalue weighted by Crippen LogP contribution is 2.45. The summed E-state index contributed by atoms with van der Waals surface area (Å²) < 4.78 is 68.5. The van der Waals surface area contributed by atoms with Crippen LogP contribution in [0.25, 0.3) is 0 Å². The van der Waals surface area contributed by atoms with Crippen LogP contribution in [-0.4, -0.2) is 96.7 Å². The van der Waals surface area contributed by atoms with Crippen LogP contribution in [0.15, 0.2) is 194 Å². The third kappa shape index (κ3) is 78.0. The van der Waals surface area contributed by atoms with Gasteiger partial charge in [-0.05, 0) is 173 Å². The van der Waals surface area contributed by atoms with Crippen LogP contribution in [-0.2, 0) is 65.4 Å². The number of phosphoric acid groups is 2. The fraction of sp³-hybridized carbons (Fsp3) is 0.596. The van der Waals surface area contributed by atoms with Gasteiger partial charge in [0.05, 0.1) is 26.4 Å². The minimum atomic E-state index is -5.02. The number of allylic oxidation sites excluding steroid dienone is 32. The quantitative estimate of drug-likeness (QED) is 0.0169. The molecule has 0 aromatic rings. The van der Waals surface area contributed by atoms with E-state index in [2.05, 4.69) is 198 Å². The summed E-state index contributed by atoms with van der Waals surface area (Å²) in [5.74, 6) is -2.37. The van der Waals surface area contributed by atoms with Gasteiger partial charge < -0.3 is 33.8 Å². The molecule has 0 amide bonds. The Hall–Kier alpha value is -6.10. The zero-order valence-corrected chi connectivity index (χ0v) is 68.5. The van der Waals surface area contributed by atoms with E-state index in [1.165, 1.54) is 19.3 Å². The number of phosphoric ester groups is 2. The molecule has 0 aliphatic carbocycles. The largest absolute Gasteiger partial charge is 0.472 e. The molecule has 0 radical (unpaired) electrons. The van der Waals surface area contributed by atoms with E-state index in [0.29, 0.717) is 38.5 Å². The smallest absolute Gasteiger partial charge is 0.462 e. The van der Waals surface area contributed by atoms with Gasteiger partial charge in [0.2, 0.25) is 0 Å². The highest BCUT2D eigenvalue weighted by Gasteiger charge is 2.30. The number of aliphatic hydroxyl groups excluding tert-OH is 1. The summed E-state index contributed by atoms with van der Waals surface area (Å²) in [6, 6.07) is 0. The van der Waals surface area contributed by atoms with Crippen LogP contribution in [0.5, 0.6) is 0 Å². The van der Waals surface area contributed by atoms with Crippen molar-refractivity contribution in [2.75, 3.05) is 39.6 Å². The molecule has 0 heterocycles. The highest BCUT2D eigenvalue weighted by molar-refractivity contribution is 7.47. The van der Waals surface area contributed by atoms with Crippen LogP contribution in [0.4, 0.5) is 0 Å². The summed E-state index contributed by atoms with van der Waals surface area (Å²) in [4.78, 5) is 73.1. The van der Waals surface area contributed by atoms with Crippen molar-refractivity contribution >= 4 is 39.5 Å². The average Bonchev–Trinajstić information content (AvgIpc) is 0.923. The van der Waals surface area contributed by atoms with Crippen LogP contribution in [0.2, 0.25) is 0 Å². The van der Waals surface area contributed by atoms with E-state index < -0.39 is 97.5 Å².